The summed E-state index contributed by atoms with van der Waals surface area (Å²) in [6, 6.07) is 6.28. The normalized spacial score (nSPS) is 16.0. The summed E-state index contributed by atoms with van der Waals surface area (Å²) < 4.78 is 24.3. The Labute approximate surface area is 181 Å². The fraction of sp³-hybridized carbons (Fsp3) is 0.455. The number of carbonyl (C=O) groups is 1. The lowest BCUT2D eigenvalue weighted by Crippen LogP contribution is -2.48. The number of hydrogen-bond acceptors (Lipinski definition) is 7. The van der Waals surface area contributed by atoms with Crippen LogP contribution in [0.1, 0.15) is 21.9 Å². The van der Waals surface area contributed by atoms with E-state index in [1.165, 1.54) is 12.3 Å². The molecule has 1 saturated heterocycles. The molecule has 1 fully saturated rings. The summed E-state index contributed by atoms with van der Waals surface area (Å²) in [5, 5.41) is 12.6. The first kappa shape index (κ1) is 22.9. The number of rotatable bonds is 10. The number of aliphatic hydroxyl groups excluding tert-OH is 1. The van der Waals surface area contributed by atoms with Crippen LogP contribution in [0.2, 0.25) is 0 Å². The molecular formula is C22H27FN4O4. The number of halogens is 1. The standard InChI is InChI=1S/C22H27FN4O4/c1-2-11-30-15-18(28)13-26-7-9-27(10-8-26)14-21-25-20(16-31-21)22(29)24-12-17-5-3-4-6-19(17)23/h1,3-6,16,18,28H,7-15H2,(H,24,29). The first-order chi connectivity index (χ1) is 15.0. The third-order valence-electron chi connectivity index (χ3n) is 4.97. The van der Waals surface area contributed by atoms with Gasteiger partial charge in [-0.2, -0.15) is 0 Å². The summed E-state index contributed by atoms with van der Waals surface area (Å²) in [5.74, 6) is 2.05. The molecule has 0 spiro atoms. The van der Waals surface area contributed by atoms with Crippen molar-refractivity contribution in [2.45, 2.75) is 19.2 Å². The molecule has 9 heteroatoms. The van der Waals surface area contributed by atoms with E-state index in [1.807, 2.05) is 0 Å². The molecule has 2 heterocycles. The van der Waals surface area contributed by atoms with Crippen LogP contribution in [0, 0.1) is 18.2 Å². The third-order valence-corrected chi connectivity index (χ3v) is 4.97. The van der Waals surface area contributed by atoms with Gasteiger partial charge in [0.2, 0.25) is 5.89 Å². The number of carbonyl (C=O) groups excluding carboxylic acids is 1. The monoisotopic (exact) mass is 430 g/mol. The number of piperazine rings is 1. The van der Waals surface area contributed by atoms with Crippen LogP contribution in [0.15, 0.2) is 34.9 Å². The van der Waals surface area contributed by atoms with Gasteiger partial charge in [0.1, 0.15) is 18.7 Å². The van der Waals surface area contributed by atoms with Gasteiger partial charge in [-0.05, 0) is 6.07 Å². The second-order valence-electron chi connectivity index (χ2n) is 7.35. The molecular weight excluding hydrogens is 403 g/mol. The molecule has 1 amide bonds. The quantitative estimate of drug-likeness (QED) is 0.427. The summed E-state index contributed by atoms with van der Waals surface area (Å²) in [5.41, 5.74) is 0.574. The van der Waals surface area contributed by atoms with E-state index in [2.05, 4.69) is 26.0 Å². The second-order valence-corrected chi connectivity index (χ2v) is 7.35. The molecule has 2 N–H and O–H groups in total. The number of β-amino-alcohol motifs (C(OH)–C–C–N with tert-alkyl or cyclic N) is 1. The predicted molar refractivity (Wildman–Crippen MR) is 111 cm³/mol. The van der Waals surface area contributed by atoms with E-state index >= 15 is 0 Å². The molecule has 3 rings (SSSR count). The van der Waals surface area contributed by atoms with E-state index in [1.54, 1.807) is 18.2 Å². The molecule has 1 aromatic carbocycles. The zero-order valence-electron chi connectivity index (χ0n) is 17.3. The van der Waals surface area contributed by atoms with Crippen molar-refractivity contribution in [1.82, 2.24) is 20.1 Å². The summed E-state index contributed by atoms with van der Waals surface area (Å²) in [6.45, 7) is 4.68. The molecule has 31 heavy (non-hydrogen) atoms. The fourth-order valence-electron chi connectivity index (χ4n) is 3.32. The number of aliphatic hydroxyl groups is 1. The third kappa shape index (κ3) is 7.15. The van der Waals surface area contributed by atoms with E-state index in [0.717, 1.165) is 26.2 Å². The first-order valence-electron chi connectivity index (χ1n) is 10.1. The molecule has 0 radical (unpaired) electrons. The average molecular weight is 430 g/mol. The maximum Gasteiger partial charge on any atom is 0.273 e. The highest BCUT2D eigenvalue weighted by molar-refractivity contribution is 5.91. The number of benzene rings is 1. The number of aromatic nitrogens is 1. The molecule has 0 bridgehead atoms. The molecule has 1 aliphatic rings. The van der Waals surface area contributed by atoms with Crippen molar-refractivity contribution in [1.29, 1.82) is 0 Å². The topological polar surface area (TPSA) is 91.1 Å². The molecule has 1 aliphatic heterocycles. The summed E-state index contributed by atoms with van der Waals surface area (Å²) in [7, 11) is 0. The summed E-state index contributed by atoms with van der Waals surface area (Å²) >= 11 is 0. The Morgan fingerprint density at radius 1 is 1.32 bits per heavy atom. The number of nitrogens with zero attached hydrogens (tertiary/aromatic N) is 3. The Bertz CT molecular complexity index is 890. The van der Waals surface area contributed by atoms with Crippen molar-refractivity contribution in [2.24, 2.45) is 0 Å². The Morgan fingerprint density at radius 3 is 2.81 bits per heavy atom. The van der Waals surface area contributed by atoms with Gasteiger partial charge in [0, 0.05) is 44.8 Å². The van der Waals surface area contributed by atoms with E-state index in [9.17, 15) is 14.3 Å². The minimum absolute atomic E-state index is 0.0787. The molecule has 1 unspecified atom stereocenters. The summed E-state index contributed by atoms with van der Waals surface area (Å²) in [6.07, 6.45) is 5.86. The van der Waals surface area contributed by atoms with Gasteiger partial charge in [0.25, 0.3) is 5.91 Å². The number of hydrogen-bond donors (Lipinski definition) is 2. The second kappa shape index (κ2) is 11.6. The number of oxazole rings is 1. The summed E-state index contributed by atoms with van der Waals surface area (Å²) in [4.78, 5) is 20.8. The lowest BCUT2D eigenvalue weighted by molar-refractivity contribution is 0.0146. The Morgan fingerprint density at radius 2 is 2.06 bits per heavy atom. The van der Waals surface area contributed by atoms with Gasteiger partial charge in [-0.15, -0.1) is 6.42 Å². The van der Waals surface area contributed by atoms with Crippen molar-refractivity contribution < 1.29 is 23.4 Å². The number of terminal acetylenes is 1. The Kier molecular flexibility index (Phi) is 8.55. The van der Waals surface area contributed by atoms with E-state index in [-0.39, 0.29) is 31.3 Å². The lowest BCUT2D eigenvalue weighted by atomic mass is 10.2. The van der Waals surface area contributed by atoms with Crippen LogP contribution in [-0.4, -0.2) is 77.8 Å². The molecule has 0 saturated carbocycles. The number of amides is 1. The van der Waals surface area contributed by atoms with Gasteiger partial charge in [0.05, 0.1) is 19.3 Å². The van der Waals surface area contributed by atoms with Crippen molar-refractivity contribution in [2.75, 3.05) is 45.9 Å². The highest BCUT2D eigenvalue weighted by Crippen LogP contribution is 2.11. The highest BCUT2D eigenvalue weighted by Gasteiger charge is 2.21. The lowest BCUT2D eigenvalue weighted by Gasteiger charge is -2.34. The predicted octanol–water partition coefficient (Wildman–Crippen LogP) is 0.872. The largest absolute Gasteiger partial charge is 0.447 e. The van der Waals surface area contributed by atoms with Gasteiger partial charge >= 0.3 is 0 Å². The van der Waals surface area contributed by atoms with Gasteiger partial charge < -0.3 is 19.6 Å². The Balaban J connectivity index is 1.39. The van der Waals surface area contributed by atoms with Gasteiger partial charge in [-0.25, -0.2) is 9.37 Å². The molecule has 8 nitrogen and oxygen atoms in total. The minimum Gasteiger partial charge on any atom is -0.447 e. The molecule has 0 aliphatic carbocycles. The van der Waals surface area contributed by atoms with Crippen LogP contribution in [0.4, 0.5) is 4.39 Å². The van der Waals surface area contributed by atoms with Crippen molar-refractivity contribution in [3.05, 3.63) is 53.5 Å². The number of ether oxygens (including phenoxy) is 1. The molecule has 166 valence electrons. The molecule has 1 atom stereocenters. The van der Waals surface area contributed by atoms with Crippen LogP contribution in [0.3, 0.4) is 0 Å². The van der Waals surface area contributed by atoms with E-state index in [4.69, 9.17) is 15.6 Å². The minimum atomic E-state index is -0.572. The average Bonchev–Trinajstić information content (AvgIpc) is 3.23. The smallest absolute Gasteiger partial charge is 0.273 e. The molecule has 2 aromatic rings. The van der Waals surface area contributed by atoms with Crippen LogP contribution < -0.4 is 5.32 Å². The Hall–Kier alpha value is -2.77. The van der Waals surface area contributed by atoms with Gasteiger partial charge in [-0.1, -0.05) is 24.1 Å². The van der Waals surface area contributed by atoms with Crippen molar-refractivity contribution >= 4 is 5.91 Å². The van der Waals surface area contributed by atoms with Crippen LogP contribution in [0.25, 0.3) is 0 Å². The van der Waals surface area contributed by atoms with Gasteiger partial charge in [0.15, 0.2) is 5.69 Å². The number of nitrogens with one attached hydrogen (secondary N) is 1. The SMILES string of the molecule is C#CCOCC(O)CN1CCN(Cc2nc(C(=O)NCc3ccccc3F)co2)CC1. The van der Waals surface area contributed by atoms with Crippen molar-refractivity contribution in [3.8, 4) is 12.3 Å². The van der Waals surface area contributed by atoms with Crippen LogP contribution in [0.5, 0.6) is 0 Å². The van der Waals surface area contributed by atoms with Crippen LogP contribution >= 0.6 is 0 Å². The first-order valence-corrected chi connectivity index (χ1v) is 10.1. The zero-order chi connectivity index (χ0) is 22.1. The zero-order valence-corrected chi connectivity index (χ0v) is 17.3. The fourth-order valence-corrected chi connectivity index (χ4v) is 3.32. The molecule has 1 aromatic heterocycles. The van der Waals surface area contributed by atoms with E-state index in [0.29, 0.717) is 24.5 Å². The van der Waals surface area contributed by atoms with Crippen molar-refractivity contribution in [3.63, 3.8) is 0 Å². The maximum atomic E-state index is 13.7. The highest BCUT2D eigenvalue weighted by atomic mass is 19.1. The van der Waals surface area contributed by atoms with Crippen LogP contribution in [-0.2, 0) is 17.8 Å². The maximum absolute atomic E-state index is 13.7. The van der Waals surface area contributed by atoms with E-state index < -0.39 is 12.0 Å². The van der Waals surface area contributed by atoms with Gasteiger partial charge in [-0.3, -0.25) is 14.6 Å².